The zero-order chi connectivity index (χ0) is 22.6. The maximum absolute atomic E-state index is 12.3. The molecule has 2 N–H and O–H groups in total. The van der Waals surface area contributed by atoms with Gasteiger partial charge in [0.2, 0.25) is 5.75 Å². The van der Waals surface area contributed by atoms with Gasteiger partial charge in [0.15, 0.2) is 5.82 Å². The molecule has 0 bridgehead atoms. The lowest BCUT2D eigenvalue weighted by atomic mass is 10.2. The lowest BCUT2D eigenvalue weighted by Gasteiger charge is -2.11. The van der Waals surface area contributed by atoms with E-state index in [1.807, 2.05) is 0 Å². The minimum Gasteiger partial charge on any atom is -0.434 e. The van der Waals surface area contributed by atoms with Crippen LogP contribution in [0.15, 0.2) is 49.2 Å². The highest BCUT2D eigenvalue weighted by Crippen LogP contribution is 2.30. The van der Waals surface area contributed by atoms with E-state index in [0.717, 1.165) is 6.42 Å². The first-order valence-corrected chi connectivity index (χ1v) is 10.7. The van der Waals surface area contributed by atoms with E-state index >= 15 is 0 Å². The number of ether oxygens (including phenoxy) is 2. The summed E-state index contributed by atoms with van der Waals surface area (Å²) in [4.78, 5) is 28.6. The maximum Gasteiger partial charge on any atom is 0.446 e. The highest BCUT2D eigenvalue weighted by molar-refractivity contribution is 7.81. The third-order valence-electron chi connectivity index (χ3n) is 4.30. The molecular weight excluding hydrogens is 442 g/mol. The van der Waals surface area contributed by atoms with Crippen molar-refractivity contribution in [2.24, 2.45) is 0 Å². The van der Waals surface area contributed by atoms with Gasteiger partial charge in [-0.05, 0) is 24.6 Å². The van der Waals surface area contributed by atoms with Crippen molar-refractivity contribution >= 4 is 16.3 Å². The van der Waals surface area contributed by atoms with Crippen LogP contribution in [0.5, 0.6) is 17.4 Å². The van der Waals surface area contributed by atoms with Crippen molar-refractivity contribution in [3.05, 3.63) is 54.7 Å². The highest BCUT2D eigenvalue weighted by atomic mass is 32.3. The third kappa shape index (κ3) is 5.51. The molecule has 32 heavy (non-hydrogen) atoms. The van der Waals surface area contributed by atoms with E-state index in [0.29, 0.717) is 30.2 Å². The standard InChI is InChI=1S/C19H17N5O7S/c25-18(24-14-3-5-29-11-14)13-8-22-17(23-9-13)12-6-15(10-20-7-12)30-19-16(2-1-4-21-19)31-32(26,27)28/h1-2,4,6-10,14H,3,5,11H2,(H,24,25)(H,26,27,28)/t14-/m0/s1. The maximum atomic E-state index is 12.3. The van der Waals surface area contributed by atoms with Gasteiger partial charge in [-0.2, -0.15) is 8.42 Å². The third-order valence-corrected chi connectivity index (χ3v) is 4.69. The SMILES string of the molecule is O=C(N[C@H]1CCOC1)c1cnc(-c2cncc(Oc3ncccc3OS(=O)(=O)O)c2)nc1. The molecule has 3 aromatic heterocycles. The van der Waals surface area contributed by atoms with Gasteiger partial charge in [-0.25, -0.2) is 15.0 Å². The number of nitrogens with one attached hydrogen (secondary N) is 1. The summed E-state index contributed by atoms with van der Waals surface area (Å²) in [5, 5.41) is 2.86. The summed E-state index contributed by atoms with van der Waals surface area (Å²) in [6, 6.07) is 4.19. The van der Waals surface area contributed by atoms with Crippen LogP contribution in [0, 0.1) is 0 Å². The van der Waals surface area contributed by atoms with Gasteiger partial charge < -0.3 is 19.0 Å². The van der Waals surface area contributed by atoms with Crippen LogP contribution >= 0.6 is 0 Å². The van der Waals surface area contributed by atoms with Crippen molar-refractivity contribution in [1.82, 2.24) is 25.3 Å². The van der Waals surface area contributed by atoms with E-state index in [4.69, 9.17) is 14.0 Å². The molecule has 4 rings (SSSR count). The Morgan fingerprint density at radius 2 is 2.00 bits per heavy atom. The number of aromatic nitrogens is 4. The molecule has 4 heterocycles. The molecule has 166 valence electrons. The van der Waals surface area contributed by atoms with Crippen LogP contribution in [-0.4, -0.2) is 58.1 Å². The summed E-state index contributed by atoms with van der Waals surface area (Å²) in [7, 11) is -4.76. The Bertz CT molecular complexity index is 1210. The van der Waals surface area contributed by atoms with Crippen LogP contribution in [0.1, 0.15) is 16.8 Å². The summed E-state index contributed by atoms with van der Waals surface area (Å²) in [6.45, 7) is 1.10. The Kier molecular flexibility index (Phi) is 6.20. The van der Waals surface area contributed by atoms with E-state index < -0.39 is 10.4 Å². The molecule has 3 aromatic rings. The minimum atomic E-state index is -4.76. The summed E-state index contributed by atoms with van der Waals surface area (Å²) in [5.41, 5.74) is 0.785. The van der Waals surface area contributed by atoms with E-state index in [9.17, 15) is 13.2 Å². The fourth-order valence-corrected chi connectivity index (χ4v) is 3.20. The molecule has 13 heteroatoms. The molecule has 0 saturated carbocycles. The molecule has 1 saturated heterocycles. The smallest absolute Gasteiger partial charge is 0.434 e. The second kappa shape index (κ2) is 9.21. The quantitative estimate of drug-likeness (QED) is 0.491. The average Bonchev–Trinajstić information content (AvgIpc) is 3.27. The lowest BCUT2D eigenvalue weighted by molar-refractivity contribution is 0.0929. The minimum absolute atomic E-state index is 0.0264. The van der Waals surface area contributed by atoms with Crippen molar-refractivity contribution in [3.8, 4) is 28.8 Å². The summed E-state index contributed by atoms with van der Waals surface area (Å²) in [5.74, 6) is -0.316. The first kappa shape index (κ1) is 21.5. The largest absolute Gasteiger partial charge is 0.446 e. The van der Waals surface area contributed by atoms with Gasteiger partial charge in [-0.15, -0.1) is 0 Å². The normalized spacial score (nSPS) is 15.8. The topological polar surface area (TPSA) is 163 Å². The van der Waals surface area contributed by atoms with Crippen LogP contribution in [-0.2, 0) is 15.1 Å². The molecule has 0 aromatic carbocycles. The van der Waals surface area contributed by atoms with Crippen LogP contribution in [0.25, 0.3) is 11.4 Å². The van der Waals surface area contributed by atoms with E-state index in [-0.39, 0.29) is 29.3 Å². The summed E-state index contributed by atoms with van der Waals surface area (Å²) < 4.78 is 46.1. The second-order valence-electron chi connectivity index (χ2n) is 6.66. The molecule has 0 aliphatic carbocycles. The average molecular weight is 459 g/mol. The van der Waals surface area contributed by atoms with Gasteiger partial charge >= 0.3 is 10.4 Å². The molecule has 0 unspecified atom stereocenters. The molecule has 0 spiro atoms. The number of hydrogen-bond acceptors (Lipinski definition) is 10. The Hall–Kier alpha value is -3.68. The van der Waals surface area contributed by atoms with E-state index in [1.165, 1.54) is 43.1 Å². The monoisotopic (exact) mass is 459 g/mol. The van der Waals surface area contributed by atoms with Crippen molar-refractivity contribution < 1.29 is 31.4 Å². The molecule has 0 radical (unpaired) electrons. The first-order valence-electron chi connectivity index (χ1n) is 9.33. The highest BCUT2D eigenvalue weighted by Gasteiger charge is 2.19. The predicted molar refractivity (Wildman–Crippen MR) is 108 cm³/mol. The number of carbonyl (C=O) groups excluding carboxylic acids is 1. The molecule has 1 amide bonds. The van der Waals surface area contributed by atoms with Crippen molar-refractivity contribution in [3.63, 3.8) is 0 Å². The van der Waals surface area contributed by atoms with Crippen LogP contribution in [0.2, 0.25) is 0 Å². The van der Waals surface area contributed by atoms with E-state index in [2.05, 4.69) is 29.4 Å². The van der Waals surface area contributed by atoms with Crippen LogP contribution in [0.3, 0.4) is 0 Å². The number of nitrogens with zero attached hydrogens (tertiary/aromatic N) is 4. The van der Waals surface area contributed by atoms with Crippen molar-refractivity contribution in [1.29, 1.82) is 0 Å². The van der Waals surface area contributed by atoms with Gasteiger partial charge in [-0.3, -0.25) is 14.3 Å². The lowest BCUT2D eigenvalue weighted by Crippen LogP contribution is -2.35. The molecule has 1 aliphatic heterocycles. The molecule has 1 fully saturated rings. The number of rotatable bonds is 7. The number of pyridine rings is 2. The number of carbonyl (C=O) groups is 1. The van der Waals surface area contributed by atoms with E-state index in [1.54, 1.807) is 6.07 Å². The Balaban J connectivity index is 1.49. The van der Waals surface area contributed by atoms with Crippen LogP contribution in [0.4, 0.5) is 0 Å². The van der Waals surface area contributed by atoms with Gasteiger partial charge in [-0.1, -0.05) is 0 Å². The molecule has 12 nitrogen and oxygen atoms in total. The van der Waals surface area contributed by atoms with Gasteiger partial charge in [0.1, 0.15) is 5.75 Å². The van der Waals surface area contributed by atoms with Crippen LogP contribution < -0.4 is 14.2 Å². The fourth-order valence-electron chi connectivity index (χ4n) is 2.85. The van der Waals surface area contributed by atoms with Crippen molar-refractivity contribution in [2.45, 2.75) is 12.5 Å². The number of hydrogen-bond donors (Lipinski definition) is 2. The van der Waals surface area contributed by atoms with Gasteiger partial charge in [0.25, 0.3) is 11.8 Å². The second-order valence-corrected chi connectivity index (χ2v) is 7.68. The van der Waals surface area contributed by atoms with Gasteiger partial charge in [0.05, 0.1) is 24.4 Å². The molecular formula is C19H17N5O7S. The van der Waals surface area contributed by atoms with Gasteiger partial charge in [0, 0.05) is 37.0 Å². The zero-order valence-corrected chi connectivity index (χ0v) is 17.2. The Morgan fingerprint density at radius 1 is 1.19 bits per heavy atom. The molecule has 1 atom stereocenters. The fraction of sp³-hybridized carbons (Fsp3) is 0.211. The number of amides is 1. The molecule has 1 aliphatic rings. The Labute approximate surface area is 182 Å². The summed E-state index contributed by atoms with van der Waals surface area (Å²) in [6.07, 6.45) is 7.77. The predicted octanol–water partition coefficient (Wildman–Crippen LogP) is 1.43. The Morgan fingerprint density at radius 3 is 2.72 bits per heavy atom. The summed E-state index contributed by atoms with van der Waals surface area (Å²) >= 11 is 0. The van der Waals surface area contributed by atoms with Crippen molar-refractivity contribution in [2.75, 3.05) is 13.2 Å². The zero-order valence-electron chi connectivity index (χ0n) is 16.4. The first-order chi connectivity index (χ1) is 15.4.